The van der Waals surface area contributed by atoms with Crippen LogP contribution in [0, 0.1) is 0 Å². The van der Waals surface area contributed by atoms with Crippen molar-refractivity contribution >= 4 is 0 Å². The average Bonchev–Trinajstić information content (AvgIpc) is 2.74. The minimum Gasteiger partial charge on any atom is -0.491 e. The fourth-order valence-electron chi connectivity index (χ4n) is 3.62. The molecule has 0 atom stereocenters. The largest absolute Gasteiger partial charge is 0.491 e. The molecule has 0 radical (unpaired) electrons. The summed E-state index contributed by atoms with van der Waals surface area (Å²) in [6.07, 6.45) is 19.8. The van der Waals surface area contributed by atoms with Crippen molar-refractivity contribution in [1.29, 1.82) is 0 Å². The van der Waals surface area contributed by atoms with Crippen LogP contribution in [0.3, 0.4) is 0 Å². The molecule has 0 heterocycles. The van der Waals surface area contributed by atoms with Crippen LogP contribution in [-0.2, 0) is 11.3 Å². The van der Waals surface area contributed by atoms with Crippen molar-refractivity contribution < 1.29 is 9.47 Å². The molecule has 0 fully saturated rings. The van der Waals surface area contributed by atoms with Crippen LogP contribution in [0.15, 0.2) is 24.3 Å². The fourth-order valence-corrected chi connectivity index (χ4v) is 3.62. The smallest absolute Gasteiger partial charge is 0.119 e. The predicted molar refractivity (Wildman–Crippen MR) is 126 cm³/mol. The molecule has 1 rings (SSSR count). The highest BCUT2D eigenvalue weighted by Crippen LogP contribution is 2.13. The van der Waals surface area contributed by atoms with Crippen LogP contribution in [0.2, 0.25) is 0 Å². The van der Waals surface area contributed by atoms with Crippen LogP contribution in [-0.4, -0.2) is 26.9 Å². The Labute approximate surface area is 181 Å². The number of methoxy groups -OCH3 is 1. The third-order valence-corrected chi connectivity index (χ3v) is 5.52. The molecule has 1 N–H and O–H groups in total. The highest BCUT2D eigenvalue weighted by molar-refractivity contribution is 5.27. The molecule has 0 aromatic heterocycles. The van der Waals surface area contributed by atoms with Crippen molar-refractivity contribution in [1.82, 2.24) is 5.32 Å². The van der Waals surface area contributed by atoms with Crippen molar-refractivity contribution in [3.8, 4) is 5.75 Å². The maximum atomic E-state index is 5.59. The summed E-state index contributed by atoms with van der Waals surface area (Å²) in [6.45, 7) is 5.58. The fraction of sp³-hybridized carbons (Fsp3) is 0.769. The summed E-state index contributed by atoms with van der Waals surface area (Å²) < 4.78 is 10.6. The first kappa shape index (κ1) is 26.0. The third kappa shape index (κ3) is 16.4. The monoisotopic (exact) mass is 405 g/mol. The molecular formula is C26H47NO2. The molecule has 1 aromatic carbocycles. The van der Waals surface area contributed by atoms with E-state index in [2.05, 4.69) is 24.4 Å². The third-order valence-electron chi connectivity index (χ3n) is 5.52. The van der Waals surface area contributed by atoms with Crippen molar-refractivity contribution in [2.75, 3.05) is 26.9 Å². The molecule has 0 bridgehead atoms. The number of unbranched alkanes of at least 4 members (excludes halogenated alkanes) is 13. The summed E-state index contributed by atoms with van der Waals surface area (Å²) in [5.41, 5.74) is 1.31. The Kier molecular flexibility index (Phi) is 18.1. The van der Waals surface area contributed by atoms with Gasteiger partial charge >= 0.3 is 0 Å². The van der Waals surface area contributed by atoms with Gasteiger partial charge in [0.15, 0.2) is 0 Å². The van der Waals surface area contributed by atoms with Gasteiger partial charge in [0.05, 0.1) is 6.61 Å². The Morgan fingerprint density at radius 1 is 0.655 bits per heavy atom. The summed E-state index contributed by atoms with van der Waals surface area (Å²) >= 11 is 0. The van der Waals surface area contributed by atoms with Crippen LogP contribution in [0.4, 0.5) is 0 Å². The standard InChI is InChI=1S/C26H47NO2/c1-3-4-5-6-7-8-9-10-11-12-13-14-15-16-21-27-24-25-17-19-26(20-18-25)29-23-22-28-2/h17-20,27H,3-16,21-24H2,1-2H3. The molecule has 0 unspecified atom stereocenters. The van der Waals surface area contributed by atoms with Gasteiger partial charge in [-0.3, -0.25) is 0 Å². The van der Waals surface area contributed by atoms with Gasteiger partial charge in [-0.05, 0) is 30.7 Å². The number of ether oxygens (including phenoxy) is 2. The normalized spacial score (nSPS) is 11.1. The van der Waals surface area contributed by atoms with Gasteiger partial charge in [0.2, 0.25) is 0 Å². The average molecular weight is 406 g/mol. The second-order valence-electron chi connectivity index (χ2n) is 8.26. The zero-order valence-electron chi connectivity index (χ0n) is 19.4. The van der Waals surface area contributed by atoms with Crippen LogP contribution >= 0.6 is 0 Å². The zero-order chi connectivity index (χ0) is 20.8. The van der Waals surface area contributed by atoms with E-state index in [1.54, 1.807) is 7.11 Å². The van der Waals surface area contributed by atoms with E-state index < -0.39 is 0 Å². The molecule has 0 aliphatic heterocycles. The second kappa shape index (κ2) is 20.2. The van der Waals surface area contributed by atoms with Crippen molar-refractivity contribution in [2.45, 2.75) is 103 Å². The molecule has 3 heteroatoms. The summed E-state index contributed by atoms with van der Waals surface area (Å²) in [5.74, 6) is 0.915. The number of rotatable bonds is 21. The molecule has 168 valence electrons. The quantitative estimate of drug-likeness (QED) is 0.218. The minimum absolute atomic E-state index is 0.604. The lowest BCUT2D eigenvalue weighted by Gasteiger charge is -2.08. The number of hydrogen-bond donors (Lipinski definition) is 1. The van der Waals surface area contributed by atoms with Gasteiger partial charge in [-0.1, -0.05) is 103 Å². The van der Waals surface area contributed by atoms with Crippen molar-refractivity contribution in [3.05, 3.63) is 29.8 Å². The second-order valence-corrected chi connectivity index (χ2v) is 8.26. The first-order valence-electron chi connectivity index (χ1n) is 12.3. The summed E-state index contributed by atoms with van der Waals surface area (Å²) in [4.78, 5) is 0. The number of nitrogens with one attached hydrogen (secondary N) is 1. The molecule has 0 amide bonds. The van der Waals surface area contributed by atoms with Gasteiger partial charge in [0.1, 0.15) is 12.4 Å². The Bertz CT molecular complexity index is 447. The molecule has 0 spiro atoms. The van der Waals surface area contributed by atoms with Crippen LogP contribution in [0.1, 0.15) is 102 Å². The van der Waals surface area contributed by atoms with E-state index in [4.69, 9.17) is 9.47 Å². The molecule has 1 aromatic rings. The molecule has 3 nitrogen and oxygen atoms in total. The Balaban J connectivity index is 1.82. The van der Waals surface area contributed by atoms with E-state index in [0.717, 1.165) is 18.8 Å². The van der Waals surface area contributed by atoms with Gasteiger partial charge in [0, 0.05) is 13.7 Å². The van der Waals surface area contributed by atoms with E-state index in [9.17, 15) is 0 Å². The van der Waals surface area contributed by atoms with Gasteiger partial charge in [0.25, 0.3) is 0 Å². The van der Waals surface area contributed by atoms with E-state index in [1.165, 1.54) is 95.5 Å². The van der Waals surface area contributed by atoms with Gasteiger partial charge in [-0.15, -0.1) is 0 Å². The predicted octanol–water partition coefficient (Wildman–Crippen LogP) is 7.28. The van der Waals surface area contributed by atoms with Crippen LogP contribution < -0.4 is 10.1 Å². The molecule has 29 heavy (non-hydrogen) atoms. The molecular weight excluding hydrogens is 358 g/mol. The summed E-state index contributed by atoms with van der Waals surface area (Å²) in [6, 6.07) is 8.36. The first-order chi connectivity index (χ1) is 14.4. The number of benzene rings is 1. The SMILES string of the molecule is CCCCCCCCCCCCCCCCNCc1ccc(OCCOC)cc1. The summed E-state index contributed by atoms with van der Waals surface area (Å²) in [7, 11) is 1.69. The maximum Gasteiger partial charge on any atom is 0.119 e. The molecule has 0 aliphatic carbocycles. The van der Waals surface area contributed by atoms with Gasteiger partial charge in [-0.25, -0.2) is 0 Å². The van der Waals surface area contributed by atoms with E-state index in [0.29, 0.717) is 13.2 Å². The maximum absolute atomic E-state index is 5.59. The van der Waals surface area contributed by atoms with Crippen molar-refractivity contribution in [2.24, 2.45) is 0 Å². The topological polar surface area (TPSA) is 30.5 Å². The summed E-state index contributed by atoms with van der Waals surface area (Å²) in [5, 5.41) is 3.56. The highest BCUT2D eigenvalue weighted by Gasteiger charge is 1.97. The Morgan fingerprint density at radius 2 is 1.17 bits per heavy atom. The molecule has 0 saturated heterocycles. The van der Waals surface area contributed by atoms with Gasteiger partial charge < -0.3 is 14.8 Å². The molecule has 0 aliphatic rings. The number of hydrogen-bond acceptors (Lipinski definition) is 3. The lowest BCUT2D eigenvalue weighted by molar-refractivity contribution is 0.146. The Morgan fingerprint density at radius 3 is 1.69 bits per heavy atom. The van der Waals surface area contributed by atoms with Gasteiger partial charge in [-0.2, -0.15) is 0 Å². The van der Waals surface area contributed by atoms with E-state index in [1.807, 2.05) is 12.1 Å². The van der Waals surface area contributed by atoms with Crippen molar-refractivity contribution in [3.63, 3.8) is 0 Å². The lowest BCUT2D eigenvalue weighted by atomic mass is 10.0. The Hall–Kier alpha value is -1.06. The van der Waals surface area contributed by atoms with Crippen LogP contribution in [0.25, 0.3) is 0 Å². The highest BCUT2D eigenvalue weighted by atomic mass is 16.5. The first-order valence-corrected chi connectivity index (χ1v) is 12.3. The van der Waals surface area contributed by atoms with E-state index in [-0.39, 0.29) is 0 Å². The zero-order valence-corrected chi connectivity index (χ0v) is 19.4. The molecule has 0 saturated carbocycles. The van der Waals surface area contributed by atoms with Crippen LogP contribution in [0.5, 0.6) is 5.75 Å². The minimum atomic E-state index is 0.604. The van der Waals surface area contributed by atoms with E-state index >= 15 is 0 Å². The lowest BCUT2D eigenvalue weighted by Crippen LogP contribution is -2.14.